The van der Waals surface area contributed by atoms with Crippen LogP contribution in [0.5, 0.6) is 0 Å². The molecule has 0 atom stereocenters. The second-order valence-electron chi connectivity index (χ2n) is 5.40. The molecule has 0 rings (SSSR count). The Balaban J connectivity index is 5.04. The van der Waals surface area contributed by atoms with Crippen LogP contribution in [0, 0.1) is 0 Å². The third-order valence-corrected chi connectivity index (χ3v) is 8.77. The first-order chi connectivity index (χ1) is 5.41. The van der Waals surface area contributed by atoms with Gasteiger partial charge in [0.1, 0.15) is 0 Å². The second-order valence-corrected chi connectivity index (χ2v) is 17.3. The first-order valence-electron chi connectivity index (χ1n) is 4.38. The van der Waals surface area contributed by atoms with E-state index in [-0.39, 0.29) is 0 Å². The van der Waals surface area contributed by atoms with Crippen molar-refractivity contribution >= 4 is 21.7 Å². The average molecular weight is 241 g/mol. The Kier molecular flexibility index (Phi) is 4.46. The lowest BCUT2D eigenvalue weighted by atomic mass is 11.9. The van der Waals surface area contributed by atoms with Gasteiger partial charge in [-0.1, -0.05) is 0 Å². The van der Waals surface area contributed by atoms with Crippen molar-refractivity contribution in [2.24, 2.45) is 9.03 Å². The molecule has 0 amide bonds. The van der Waals surface area contributed by atoms with Crippen molar-refractivity contribution in [3.05, 3.63) is 0 Å². The van der Waals surface area contributed by atoms with Gasteiger partial charge in [-0.2, -0.15) is 0 Å². The molecule has 2 nitrogen and oxygen atoms in total. The molecular weight excluding hydrogens is 217 g/mol. The van der Waals surface area contributed by atoms with Crippen LogP contribution in [0.1, 0.15) is 0 Å². The highest BCUT2D eigenvalue weighted by atomic mass is 31.2. The summed E-state index contributed by atoms with van der Waals surface area (Å²) in [5.74, 6) is 0. The smallest absolute Gasteiger partial charge is 0.126 e. The van der Waals surface area contributed by atoms with Gasteiger partial charge >= 0.3 is 0 Å². The lowest BCUT2D eigenvalue weighted by molar-refractivity contribution is 1.66. The first-order valence-corrected chi connectivity index (χ1v) is 13.1. The highest BCUT2D eigenvalue weighted by molar-refractivity contribution is 7.84. The van der Waals surface area contributed by atoms with Crippen LogP contribution in [0.15, 0.2) is 9.03 Å². The van der Waals surface area contributed by atoms with Gasteiger partial charge in [-0.05, 0) is 40.0 Å². The summed E-state index contributed by atoms with van der Waals surface area (Å²) >= 11 is 0. The summed E-state index contributed by atoms with van der Waals surface area (Å²) < 4.78 is 9.82. The van der Waals surface area contributed by atoms with Crippen LogP contribution in [-0.4, -0.2) is 53.3 Å². The topological polar surface area (TPSA) is 24.7 Å². The van der Waals surface area contributed by atoms with E-state index in [0.717, 1.165) is 0 Å². The summed E-state index contributed by atoms with van der Waals surface area (Å²) in [6.45, 7) is 18.0. The molecule has 0 aliphatic carbocycles. The molecule has 0 unspecified atom stereocenters. The Hall–Kier alpha value is 0.890. The number of rotatable bonds is 2. The molecule has 0 aromatic carbocycles. The fraction of sp³-hybridized carbons (Fsp3) is 1.00. The zero-order chi connectivity index (χ0) is 10.9. The summed E-state index contributed by atoms with van der Waals surface area (Å²) in [4.78, 5) is 0. The normalized spacial score (nSPS) is 14.2. The number of hydrogen-bond acceptors (Lipinski definition) is 2. The highest BCUT2D eigenvalue weighted by Crippen LogP contribution is 2.67. The van der Waals surface area contributed by atoms with Crippen LogP contribution in [-0.2, 0) is 0 Å². The van der Waals surface area contributed by atoms with Crippen LogP contribution in [0.25, 0.3) is 0 Å². The van der Waals surface area contributed by atoms with Gasteiger partial charge in [0.25, 0.3) is 0 Å². The Labute approximate surface area is 84.5 Å². The quantitative estimate of drug-likeness (QED) is 0.645. The van der Waals surface area contributed by atoms with Crippen molar-refractivity contribution in [1.29, 1.82) is 0 Å². The van der Waals surface area contributed by atoms with Gasteiger partial charge in [0.2, 0.25) is 7.56 Å². The minimum atomic E-state index is -1.34. The molecule has 80 valence electrons. The lowest BCUT2D eigenvalue weighted by Crippen LogP contribution is -1.81. The van der Waals surface area contributed by atoms with Crippen molar-refractivity contribution in [2.45, 2.75) is 0 Å². The van der Waals surface area contributed by atoms with Crippen LogP contribution in [0.4, 0.5) is 0 Å². The molecule has 0 aromatic rings. The molecule has 0 fully saturated rings. The fourth-order valence-electron chi connectivity index (χ4n) is 1.33. The molecule has 0 aromatic heterocycles. The third-order valence-electron chi connectivity index (χ3n) is 0.974. The van der Waals surface area contributed by atoms with Crippen molar-refractivity contribution < 1.29 is 0 Å². The molecule has 0 saturated heterocycles. The van der Waals surface area contributed by atoms with Crippen molar-refractivity contribution in [3.8, 4) is 0 Å². The van der Waals surface area contributed by atoms with Crippen LogP contribution >= 0.6 is 21.7 Å². The summed E-state index contributed by atoms with van der Waals surface area (Å²) in [5, 5.41) is 0. The number of nitrogens with zero attached hydrogens (tertiary/aromatic N) is 2. The Morgan fingerprint density at radius 1 is 0.692 bits per heavy atom. The lowest BCUT2D eigenvalue weighted by Gasteiger charge is -2.14. The molecule has 5 heteroatoms. The summed E-state index contributed by atoms with van der Waals surface area (Å²) in [6.07, 6.45) is 0. The average Bonchev–Trinajstić information content (AvgIpc) is 1.43. The van der Waals surface area contributed by atoms with E-state index in [2.05, 4.69) is 53.3 Å². The molecule has 13 heavy (non-hydrogen) atoms. The summed E-state index contributed by atoms with van der Waals surface area (Å²) in [7, 11) is -3.39. The molecule has 0 saturated carbocycles. The number of hydrogen-bond donors (Lipinski definition) is 0. The monoisotopic (exact) mass is 241 g/mol. The van der Waals surface area contributed by atoms with Gasteiger partial charge in [-0.15, -0.1) is 9.03 Å². The predicted molar refractivity (Wildman–Crippen MR) is 73.0 cm³/mol. The van der Waals surface area contributed by atoms with E-state index in [1.54, 1.807) is 0 Å². The van der Waals surface area contributed by atoms with E-state index in [1.165, 1.54) is 0 Å². The Bertz CT molecular complexity index is 235. The van der Waals surface area contributed by atoms with E-state index in [0.29, 0.717) is 0 Å². The maximum Gasteiger partial charge on any atom is 0.239 e. The molecule has 0 aliphatic rings. The van der Waals surface area contributed by atoms with Gasteiger partial charge in [0, 0.05) is 14.1 Å². The highest BCUT2D eigenvalue weighted by Gasteiger charge is 2.26. The first kappa shape index (κ1) is 13.9. The molecule has 0 spiro atoms. The van der Waals surface area contributed by atoms with Gasteiger partial charge < -0.3 is 0 Å². The zero-order valence-corrected chi connectivity index (χ0v) is 12.9. The standard InChI is InChI=1S/C8H24N2P3/c1-11(2,3)9-13(7,8)10-12(4,5)6/h1-8H3/q+1. The SMILES string of the molecule is CP(C)(C)=N[P+](C)(C)N=P(C)(C)C. The molecule has 0 radical (unpaired) electrons. The van der Waals surface area contributed by atoms with Crippen LogP contribution in [0.3, 0.4) is 0 Å². The fourth-order valence-corrected chi connectivity index (χ4v) is 12.3. The molecule has 0 N–H and O–H groups in total. The van der Waals surface area contributed by atoms with Crippen LogP contribution in [0.2, 0.25) is 0 Å². The Morgan fingerprint density at radius 3 is 1.08 bits per heavy atom. The van der Waals surface area contributed by atoms with Gasteiger partial charge in [-0.25, -0.2) is 0 Å². The van der Waals surface area contributed by atoms with Gasteiger partial charge in [-0.3, -0.25) is 0 Å². The maximum absolute atomic E-state index is 4.91. The molecule has 0 aliphatic heterocycles. The van der Waals surface area contributed by atoms with E-state index in [4.69, 9.17) is 9.03 Å². The predicted octanol–water partition coefficient (Wildman–Crippen LogP) is 4.27. The minimum Gasteiger partial charge on any atom is -0.126 e. The van der Waals surface area contributed by atoms with E-state index >= 15 is 0 Å². The minimum absolute atomic E-state index is 1.02. The van der Waals surface area contributed by atoms with Crippen molar-refractivity contribution in [2.75, 3.05) is 53.3 Å². The van der Waals surface area contributed by atoms with Gasteiger partial charge in [0.15, 0.2) is 0 Å². The molecule has 0 bridgehead atoms. The Morgan fingerprint density at radius 2 is 0.923 bits per heavy atom. The molecule has 0 heterocycles. The van der Waals surface area contributed by atoms with E-state index in [1.807, 2.05) is 0 Å². The van der Waals surface area contributed by atoms with Gasteiger partial charge in [0.05, 0.1) is 13.3 Å². The van der Waals surface area contributed by atoms with Crippen LogP contribution < -0.4 is 0 Å². The van der Waals surface area contributed by atoms with E-state index < -0.39 is 21.7 Å². The maximum atomic E-state index is 4.91. The second kappa shape index (κ2) is 4.18. The summed E-state index contributed by atoms with van der Waals surface area (Å²) in [6, 6.07) is 0. The summed E-state index contributed by atoms with van der Waals surface area (Å²) in [5.41, 5.74) is 0. The van der Waals surface area contributed by atoms with E-state index in [9.17, 15) is 0 Å². The van der Waals surface area contributed by atoms with Crippen molar-refractivity contribution in [1.82, 2.24) is 0 Å². The largest absolute Gasteiger partial charge is 0.239 e. The van der Waals surface area contributed by atoms with Crippen molar-refractivity contribution in [3.63, 3.8) is 0 Å². The zero-order valence-electron chi connectivity index (χ0n) is 10.2. The molecular formula is C8H24N2P3+. The third kappa shape index (κ3) is 9.20.